The molecule has 0 heterocycles. The average Bonchev–Trinajstić information content (AvgIpc) is 2.84. The van der Waals surface area contributed by atoms with Crippen LogP contribution in [-0.4, -0.2) is 37.0 Å². The van der Waals surface area contributed by atoms with Crippen molar-refractivity contribution in [3.63, 3.8) is 0 Å². The van der Waals surface area contributed by atoms with E-state index in [-0.39, 0.29) is 55.6 Å². The molecule has 180 valence electrons. The standard InChI is InChI=1S/C27H33N3O4/c1-3-34-27(33)20(2)18-24(30-26(32)15-14-25(31)29-17-7-16-28)19-21-10-12-23(13-11-21)22-8-5-4-6-9-22/h4-6,8-13,20,24H,3,7,14-15,17-19H2,1-2H3,(H,29,31)(H,30,32)/t20-,24?/m1/s1. The molecule has 0 aromatic heterocycles. The molecule has 0 spiro atoms. The van der Waals surface area contributed by atoms with Crippen molar-refractivity contribution in [2.45, 2.75) is 52.0 Å². The second-order valence-corrected chi connectivity index (χ2v) is 8.18. The molecule has 0 radical (unpaired) electrons. The van der Waals surface area contributed by atoms with Gasteiger partial charge in [0.05, 0.1) is 25.0 Å². The molecular weight excluding hydrogens is 430 g/mol. The summed E-state index contributed by atoms with van der Waals surface area (Å²) in [5.41, 5.74) is 3.27. The first kappa shape index (κ1) is 26.6. The summed E-state index contributed by atoms with van der Waals surface area (Å²) < 4.78 is 5.12. The van der Waals surface area contributed by atoms with E-state index in [9.17, 15) is 14.4 Å². The largest absolute Gasteiger partial charge is 0.466 e. The number of nitrogens with one attached hydrogen (secondary N) is 2. The highest BCUT2D eigenvalue weighted by Crippen LogP contribution is 2.21. The second kappa shape index (κ2) is 14.5. The van der Waals surface area contributed by atoms with Crippen LogP contribution >= 0.6 is 0 Å². The number of ether oxygens (including phenoxy) is 1. The second-order valence-electron chi connectivity index (χ2n) is 8.18. The van der Waals surface area contributed by atoms with Crippen LogP contribution in [0.2, 0.25) is 0 Å². The van der Waals surface area contributed by atoms with Crippen molar-refractivity contribution in [1.82, 2.24) is 10.6 Å². The number of amides is 2. The van der Waals surface area contributed by atoms with Crippen molar-refractivity contribution < 1.29 is 19.1 Å². The molecule has 1 unspecified atom stereocenters. The molecule has 7 nitrogen and oxygen atoms in total. The predicted octanol–water partition coefficient (Wildman–Crippen LogP) is 3.78. The molecule has 0 aliphatic heterocycles. The highest BCUT2D eigenvalue weighted by molar-refractivity contribution is 5.84. The topological polar surface area (TPSA) is 108 Å². The molecule has 0 saturated heterocycles. The molecule has 2 aromatic carbocycles. The van der Waals surface area contributed by atoms with Crippen LogP contribution in [0.25, 0.3) is 11.1 Å². The Kier molecular flexibility index (Phi) is 11.3. The van der Waals surface area contributed by atoms with Gasteiger partial charge in [0.25, 0.3) is 0 Å². The van der Waals surface area contributed by atoms with Gasteiger partial charge in [-0.15, -0.1) is 0 Å². The van der Waals surface area contributed by atoms with E-state index < -0.39 is 0 Å². The van der Waals surface area contributed by atoms with Gasteiger partial charge in [0, 0.05) is 25.4 Å². The van der Waals surface area contributed by atoms with Gasteiger partial charge in [0.1, 0.15) is 0 Å². The quantitative estimate of drug-likeness (QED) is 0.347. The van der Waals surface area contributed by atoms with Gasteiger partial charge in [-0.3, -0.25) is 14.4 Å². The molecule has 0 bridgehead atoms. The summed E-state index contributed by atoms with van der Waals surface area (Å²) in [6, 6.07) is 19.9. The summed E-state index contributed by atoms with van der Waals surface area (Å²) in [4.78, 5) is 36.5. The minimum atomic E-state index is -0.372. The number of rotatable bonds is 13. The Morgan fingerprint density at radius 1 is 0.971 bits per heavy atom. The number of esters is 1. The lowest BCUT2D eigenvalue weighted by atomic mass is 9.94. The zero-order valence-corrected chi connectivity index (χ0v) is 19.9. The van der Waals surface area contributed by atoms with Crippen LogP contribution < -0.4 is 10.6 Å². The zero-order chi connectivity index (χ0) is 24.8. The third-order valence-corrected chi connectivity index (χ3v) is 5.37. The van der Waals surface area contributed by atoms with Gasteiger partial charge in [-0.2, -0.15) is 5.26 Å². The minimum Gasteiger partial charge on any atom is -0.466 e. The summed E-state index contributed by atoms with van der Waals surface area (Å²) in [6.45, 7) is 4.13. The van der Waals surface area contributed by atoms with Crippen LogP contribution in [0.15, 0.2) is 54.6 Å². The monoisotopic (exact) mass is 463 g/mol. The zero-order valence-electron chi connectivity index (χ0n) is 19.9. The van der Waals surface area contributed by atoms with Gasteiger partial charge >= 0.3 is 5.97 Å². The normalized spacial score (nSPS) is 12.1. The van der Waals surface area contributed by atoms with E-state index in [1.165, 1.54) is 0 Å². The van der Waals surface area contributed by atoms with Gasteiger partial charge in [-0.25, -0.2) is 0 Å². The molecule has 0 saturated carbocycles. The van der Waals surface area contributed by atoms with E-state index >= 15 is 0 Å². The maximum Gasteiger partial charge on any atom is 0.308 e. The Morgan fingerprint density at radius 2 is 1.62 bits per heavy atom. The van der Waals surface area contributed by atoms with Crippen molar-refractivity contribution in [2.75, 3.05) is 13.2 Å². The van der Waals surface area contributed by atoms with Crippen LogP contribution in [0, 0.1) is 17.2 Å². The van der Waals surface area contributed by atoms with Crippen LogP contribution in [0.5, 0.6) is 0 Å². The predicted molar refractivity (Wildman–Crippen MR) is 130 cm³/mol. The van der Waals surface area contributed by atoms with E-state index in [4.69, 9.17) is 10.00 Å². The van der Waals surface area contributed by atoms with Crippen molar-refractivity contribution in [2.24, 2.45) is 5.92 Å². The maximum atomic E-state index is 12.5. The molecule has 2 rings (SSSR count). The van der Waals surface area contributed by atoms with E-state index in [1.807, 2.05) is 48.5 Å². The molecular formula is C27H33N3O4. The van der Waals surface area contributed by atoms with E-state index in [0.717, 1.165) is 16.7 Å². The van der Waals surface area contributed by atoms with Crippen LogP contribution in [0.1, 0.15) is 45.1 Å². The molecule has 2 aromatic rings. The average molecular weight is 464 g/mol. The Labute approximate surface area is 201 Å². The van der Waals surface area contributed by atoms with Crippen molar-refractivity contribution in [3.05, 3.63) is 60.2 Å². The minimum absolute atomic E-state index is 0.0373. The Hall–Kier alpha value is -3.66. The summed E-state index contributed by atoms with van der Waals surface area (Å²) >= 11 is 0. The Morgan fingerprint density at radius 3 is 2.26 bits per heavy atom. The maximum absolute atomic E-state index is 12.5. The van der Waals surface area contributed by atoms with Gasteiger partial charge in [0.15, 0.2) is 0 Å². The number of hydrogen-bond donors (Lipinski definition) is 2. The lowest BCUT2D eigenvalue weighted by Gasteiger charge is -2.22. The fourth-order valence-corrected chi connectivity index (χ4v) is 3.62. The number of nitriles is 1. The highest BCUT2D eigenvalue weighted by Gasteiger charge is 2.22. The molecule has 7 heteroatoms. The Balaban J connectivity index is 2.01. The number of carbonyl (C=O) groups excluding carboxylic acids is 3. The van der Waals surface area contributed by atoms with Crippen molar-refractivity contribution in [3.8, 4) is 17.2 Å². The number of carbonyl (C=O) groups is 3. The smallest absolute Gasteiger partial charge is 0.308 e. The SMILES string of the molecule is CCOC(=O)[C@H](C)CC(Cc1ccc(-c2ccccc2)cc1)NC(=O)CCC(=O)NCCC#N. The molecule has 0 aliphatic carbocycles. The number of nitrogens with zero attached hydrogens (tertiary/aromatic N) is 1. The number of benzene rings is 2. The van der Waals surface area contributed by atoms with E-state index in [2.05, 4.69) is 22.8 Å². The lowest BCUT2D eigenvalue weighted by Crippen LogP contribution is -2.39. The fourth-order valence-electron chi connectivity index (χ4n) is 3.62. The molecule has 2 atom stereocenters. The van der Waals surface area contributed by atoms with Crippen molar-refractivity contribution in [1.29, 1.82) is 5.26 Å². The molecule has 0 aliphatic rings. The first-order valence-electron chi connectivity index (χ1n) is 11.7. The summed E-state index contributed by atoms with van der Waals surface area (Å²) in [7, 11) is 0. The van der Waals surface area contributed by atoms with Gasteiger partial charge < -0.3 is 15.4 Å². The van der Waals surface area contributed by atoms with E-state index in [1.54, 1.807) is 13.8 Å². The Bertz CT molecular complexity index is 968. The van der Waals surface area contributed by atoms with Gasteiger partial charge in [-0.1, -0.05) is 61.5 Å². The van der Waals surface area contributed by atoms with Gasteiger partial charge in [-0.05, 0) is 36.5 Å². The van der Waals surface area contributed by atoms with E-state index in [0.29, 0.717) is 19.4 Å². The summed E-state index contributed by atoms with van der Waals surface area (Å²) in [5.74, 6) is -1.18. The van der Waals surface area contributed by atoms with Gasteiger partial charge in [0.2, 0.25) is 11.8 Å². The van der Waals surface area contributed by atoms with Crippen LogP contribution in [0.4, 0.5) is 0 Å². The summed E-state index contributed by atoms with van der Waals surface area (Å²) in [5, 5.41) is 14.1. The first-order valence-corrected chi connectivity index (χ1v) is 11.7. The molecule has 34 heavy (non-hydrogen) atoms. The molecule has 2 amide bonds. The van der Waals surface area contributed by atoms with Crippen molar-refractivity contribution >= 4 is 17.8 Å². The molecule has 2 N–H and O–H groups in total. The van der Waals surface area contributed by atoms with Crippen LogP contribution in [-0.2, 0) is 25.5 Å². The fraction of sp³-hybridized carbons (Fsp3) is 0.407. The third-order valence-electron chi connectivity index (χ3n) is 5.37. The first-order chi connectivity index (χ1) is 16.4. The van der Waals surface area contributed by atoms with Crippen LogP contribution in [0.3, 0.4) is 0 Å². The number of hydrogen-bond acceptors (Lipinski definition) is 5. The summed E-state index contributed by atoms with van der Waals surface area (Å²) in [6.07, 6.45) is 1.30. The third kappa shape index (κ3) is 9.45. The molecule has 0 fully saturated rings. The lowest BCUT2D eigenvalue weighted by molar-refractivity contribution is -0.148. The highest BCUT2D eigenvalue weighted by atomic mass is 16.5.